The molecule has 226 valence electrons. The number of hydrogen-bond acceptors (Lipinski definition) is 8. The van der Waals surface area contributed by atoms with Crippen LogP contribution in [0.5, 0.6) is 0 Å². The number of benzene rings is 1. The summed E-state index contributed by atoms with van der Waals surface area (Å²) in [5, 5.41) is 19.6. The second-order valence-corrected chi connectivity index (χ2v) is 11.5. The van der Waals surface area contributed by atoms with Gasteiger partial charge in [-0.25, -0.2) is 4.98 Å². The lowest BCUT2D eigenvalue weighted by atomic mass is 9.97. The van der Waals surface area contributed by atoms with Crippen LogP contribution >= 0.6 is 0 Å². The molecule has 1 aliphatic carbocycles. The van der Waals surface area contributed by atoms with Gasteiger partial charge in [-0.3, -0.25) is 19.1 Å². The van der Waals surface area contributed by atoms with Gasteiger partial charge in [0.05, 0.1) is 11.6 Å². The van der Waals surface area contributed by atoms with Crippen LogP contribution in [-0.4, -0.2) is 48.2 Å². The lowest BCUT2D eigenvalue weighted by Crippen LogP contribution is -2.35. The zero-order chi connectivity index (χ0) is 31.0. The zero-order valence-corrected chi connectivity index (χ0v) is 24.1. The molecule has 1 aliphatic heterocycles. The van der Waals surface area contributed by atoms with Gasteiger partial charge in [-0.15, -0.1) is 10.2 Å². The van der Waals surface area contributed by atoms with E-state index in [4.69, 9.17) is 5.73 Å². The molecule has 0 spiro atoms. The Bertz CT molecular complexity index is 1820. The van der Waals surface area contributed by atoms with Gasteiger partial charge in [-0.05, 0) is 85.2 Å². The third-order valence-electron chi connectivity index (χ3n) is 8.00. The number of alkyl halides is 2. The maximum atomic E-state index is 13.7. The Hall–Kier alpha value is -4.96. The Morgan fingerprint density at radius 2 is 2.00 bits per heavy atom. The van der Waals surface area contributed by atoms with E-state index in [0.717, 1.165) is 44.2 Å². The first-order valence-corrected chi connectivity index (χ1v) is 14.5. The summed E-state index contributed by atoms with van der Waals surface area (Å²) < 4.78 is 29.7. The summed E-state index contributed by atoms with van der Waals surface area (Å²) in [7, 11) is 0. The van der Waals surface area contributed by atoms with E-state index >= 15 is 0 Å². The lowest BCUT2D eigenvalue weighted by Gasteiger charge is -2.31. The number of likely N-dealkylation sites (tertiary alicyclic amines) is 1. The fourth-order valence-corrected chi connectivity index (χ4v) is 5.81. The van der Waals surface area contributed by atoms with Crippen LogP contribution in [-0.2, 0) is 6.54 Å². The minimum Gasteiger partial charge on any atom is -0.384 e. The van der Waals surface area contributed by atoms with E-state index in [9.17, 15) is 23.6 Å². The number of piperidine rings is 1. The maximum absolute atomic E-state index is 13.7. The lowest BCUT2D eigenvalue weighted by molar-refractivity contribution is 0.0716. The van der Waals surface area contributed by atoms with E-state index < -0.39 is 12.5 Å². The zero-order valence-electron chi connectivity index (χ0n) is 24.1. The van der Waals surface area contributed by atoms with Gasteiger partial charge >= 0.3 is 6.55 Å². The summed E-state index contributed by atoms with van der Waals surface area (Å²) >= 11 is 0. The Kier molecular flexibility index (Phi) is 7.92. The Morgan fingerprint density at radius 1 is 1.18 bits per heavy atom. The molecule has 0 radical (unpaired) electrons. The fourth-order valence-electron chi connectivity index (χ4n) is 5.81. The Balaban J connectivity index is 1.34. The standard InChI is InChI=1S/C31H31F2N9O2/c1-18-3-2-8-40(14-18)15-20-10-25(30(44)41(16-20)22-5-6-22)29(43)38-27-12-21(11-26(35)37-27)23-7-4-19(13-34)9-24(23)28-39-36-17-42(28)31(32)33/h4,7,9-12,16-18,22,31H,2-3,5-6,8,14-15H2,1H3,(H3,35,37,38,43)/t18-/m0/s1. The predicted octanol–water partition coefficient (Wildman–Crippen LogP) is 4.84. The van der Waals surface area contributed by atoms with Gasteiger partial charge in [-0.2, -0.15) is 14.0 Å². The second-order valence-electron chi connectivity index (χ2n) is 11.5. The summed E-state index contributed by atoms with van der Waals surface area (Å²) in [6.07, 6.45) is 6.86. The van der Waals surface area contributed by atoms with Gasteiger partial charge in [0, 0.05) is 30.9 Å². The predicted molar refractivity (Wildman–Crippen MR) is 160 cm³/mol. The molecule has 1 amide bonds. The summed E-state index contributed by atoms with van der Waals surface area (Å²) in [5.74, 6) is -0.0588. The highest BCUT2D eigenvalue weighted by molar-refractivity contribution is 6.04. The van der Waals surface area contributed by atoms with Crippen LogP contribution in [0.4, 0.5) is 20.4 Å². The SMILES string of the molecule is C[C@H]1CCCN(Cc2cc(C(=O)Nc3cc(-c4ccc(C#N)cc4-c4nncn4C(F)F)cc(N)n3)c(=O)n(C3CC3)c2)C1. The second kappa shape index (κ2) is 12.0. The minimum absolute atomic E-state index is 0.00864. The molecule has 13 heteroatoms. The molecular formula is C31H31F2N9O2. The van der Waals surface area contributed by atoms with Gasteiger partial charge in [0.2, 0.25) is 0 Å². The number of anilines is 2. The number of carbonyl (C=O) groups is 1. The first-order chi connectivity index (χ1) is 21.2. The molecule has 4 heterocycles. The number of nitriles is 1. The molecule has 3 N–H and O–H groups in total. The molecule has 2 fully saturated rings. The number of amides is 1. The van der Waals surface area contributed by atoms with Crippen LogP contribution in [0, 0.1) is 17.2 Å². The highest BCUT2D eigenvalue weighted by Crippen LogP contribution is 2.36. The van der Waals surface area contributed by atoms with Crippen LogP contribution in [0.25, 0.3) is 22.5 Å². The molecular weight excluding hydrogens is 568 g/mol. The largest absolute Gasteiger partial charge is 0.384 e. The van der Waals surface area contributed by atoms with Crippen molar-refractivity contribution in [1.82, 2.24) is 29.2 Å². The normalized spacial score (nSPS) is 17.0. The molecule has 1 saturated carbocycles. The van der Waals surface area contributed by atoms with Crippen molar-refractivity contribution in [2.45, 2.75) is 51.7 Å². The molecule has 0 bridgehead atoms. The summed E-state index contributed by atoms with van der Waals surface area (Å²) in [5.41, 5.74) is 7.94. The first-order valence-electron chi connectivity index (χ1n) is 14.5. The summed E-state index contributed by atoms with van der Waals surface area (Å²) in [4.78, 5) is 33.6. The van der Waals surface area contributed by atoms with Crippen molar-refractivity contribution in [3.63, 3.8) is 0 Å². The topological polar surface area (TPSA) is 148 Å². The molecule has 3 aromatic heterocycles. The number of aromatic nitrogens is 5. The van der Waals surface area contributed by atoms with Crippen LogP contribution in [0.15, 0.2) is 53.7 Å². The number of nitrogens with zero attached hydrogens (tertiary/aromatic N) is 7. The number of halogens is 2. The van der Waals surface area contributed by atoms with Crippen LogP contribution in [0.1, 0.15) is 66.7 Å². The van der Waals surface area contributed by atoms with Crippen molar-refractivity contribution < 1.29 is 13.6 Å². The third-order valence-corrected chi connectivity index (χ3v) is 8.00. The molecule has 6 rings (SSSR count). The van der Waals surface area contributed by atoms with E-state index in [1.165, 1.54) is 30.7 Å². The highest BCUT2D eigenvalue weighted by Gasteiger charge is 2.28. The summed E-state index contributed by atoms with van der Waals surface area (Å²) in [6, 6.07) is 11.3. The minimum atomic E-state index is -2.91. The van der Waals surface area contributed by atoms with Gasteiger partial charge in [0.15, 0.2) is 5.82 Å². The quantitative estimate of drug-likeness (QED) is 0.293. The number of hydrogen-bond donors (Lipinski definition) is 2. The number of nitrogens with two attached hydrogens (primary N) is 1. The van der Waals surface area contributed by atoms with E-state index in [2.05, 4.69) is 32.3 Å². The van der Waals surface area contributed by atoms with Crippen molar-refractivity contribution >= 4 is 17.5 Å². The molecule has 1 saturated heterocycles. The summed E-state index contributed by atoms with van der Waals surface area (Å²) in [6.45, 7) is 1.89. The van der Waals surface area contributed by atoms with E-state index in [1.54, 1.807) is 16.7 Å². The monoisotopic (exact) mass is 599 g/mol. The van der Waals surface area contributed by atoms with Crippen molar-refractivity contribution in [2.24, 2.45) is 5.92 Å². The van der Waals surface area contributed by atoms with E-state index in [1.807, 2.05) is 12.3 Å². The number of pyridine rings is 2. The van der Waals surface area contributed by atoms with Crippen LogP contribution < -0.4 is 16.6 Å². The number of nitrogen functional groups attached to an aromatic ring is 1. The van der Waals surface area contributed by atoms with Gasteiger partial charge in [0.1, 0.15) is 23.5 Å². The first kappa shape index (κ1) is 29.1. The molecule has 44 heavy (non-hydrogen) atoms. The van der Waals surface area contributed by atoms with Crippen LogP contribution in [0.3, 0.4) is 0 Å². The average Bonchev–Trinajstić information content (AvgIpc) is 3.72. The molecule has 1 atom stereocenters. The molecule has 0 unspecified atom stereocenters. The highest BCUT2D eigenvalue weighted by atomic mass is 19.3. The van der Waals surface area contributed by atoms with Crippen LogP contribution in [0.2, 0.25) is 0 Å². The van der Waals surface area contributed by atoms with Crippen molar-refractivity contribution in [2.75, 3.05) is 24.1 Å². The Labute approximate surface area is 252 Å². The maximum Gasteiger partial charge on any atom is 0.321 e. The van der Waals surface area contributed by atoms with Gasteiger partial charge in [-0.1, -0.05) is 13.0 Å². The molecule has 11 nitrogen and oxygen atoms in total. The smallest absolute Gasteiger partial charge is 0.321 e. The van der Waals surface area contributed by atoms with E-state index in [-0.39, 0.29) is 45.8 Å². The molecule has 2 aliphatic rings. The van der Waals surface area contributed by atoms with Gasteiger partial charge < -0.3 is 15.6 Å². The fraction of sp³-hybridized carbons (Fsp3) is 0.355. The molecule has 1 aromatic carbocycles. The average molecular weight is 600 g/mol. The van der Waals surface area contributed by atoms with Crippen molar-refractivity contribution in [3.8, 4) is 28.6 Å². The van der Waals surface area contributed by atoms with Crippen molar-refractivity contribution in [1.29, 1.82) is 5.26 Å². The molecule has 4 aromatic rings. The van der Waals surface area contributed by atoms with E-state index in [0.29, 0.717) is 28.2 Å². The number of nitrogens with one attached hydrogen (secondary N) is 1. The third kappa shape index (κ3) is 6.07. The van der Waals surface area contributed by atoms with Crippen molar-refractivity contribution in [3.05, 3.63) is 76.0 Å². The van der Waals surface area contributed by atoms with Gasteiger partial charge in [0.25, 0.3) is 11.5 Å². The Morgan fingerprint density at radius 3 is 2.73 bits per heavy atom. The number of rotatable bonds is 8. The number of carbonyl (C=O) groups excluding carboxylic acids is 1.